The van der Waals surface area contributed by atoms with Crippen molar-refractivity contribution in [3.05, 3.63) is 22.8 Å². The minimum atomic E-state index is 0.323. The van der Waals surface area contributed by atoms with Crippen molar-refractivity contribution >= 4 is 0 Å². The van der Waals surface area contributed by atoms with E-state index in [4.69, 9.17) is 15.2 Å². The highest BCUT2D eigenvalue weighted by Gasteiger charge is 2.18. The van der Waals surface area contributed by atoms with E-state index < -0.39 is 0 Å². The Morgan fingerprint density at radius 3 is 2.77 bits per heavy atom. The average molecular weight is 179 g/mol. The maximum Gasteiger partial charge on any atom is 0.231 e. The lowest BCUT2D eigenvalue weighted by Gasteiger charge is -2.09. The molecule has 0 saturated carbocycles. The van der Waals surface area contributed by atoms with Crippen molar-refractivity contribution < 1.29 is 9.47 Å². The summed E-state index contributed by atoms with van der Waals surface area (Å²) >= 11 is 0. The van der Waals surface area contributed by atoms with Gasteiger partial charge in [-0.05, 0) is 36.6 Å². The molecule has 13 heavy (non-hydrogen) atoms. The molecule has 1 aliphatic heterocycles. The van der Waals surface area contributed by atoms with E-state index in [1.54, 1.807) is 0 Å². The lowest BCUT2D eigenvalue weighted by molar-refractivity contribution is 0.173. The molecule has 0 aromatic heterocycles. The minimum Gasteiger partial charge on any atom is -0.454 e. The smallest absolute Gasteiger partial charge is 0.231 e. The van der Waals surface area contributed by atoms with Gasteiger partial charge in [-0.15, -0.1) is 0 Å². The second-order valence-corrected chi connectivity index (χ2v) is 3.22. The summed E-state index contributed by atoms with van der Waals surface area (Å²) in [6, 6.07) is 1.96. The molecule has 0 spiro atoms. The second kappa shape index (κ2) is 2.92. The van der Waals surface area contributed by atoms with Crippen molar-refractivity contribution in [1.82, 2.24) is 0 Å². The molecule has 3 heteroatoms. The van der Waals surface area contributed by atoms with E-state index in [-0.39, 0.29) is 0 Å². The Morgan fingerprint density at radius 2 is 2.08 bits per heavy atom. The van der Waals surface area contributed by atoms with Crippen LogP contribution in [-0.4, -0.2) is 6.79 Å². The van der Waals surface area contributed by atoms with Crippen LogP contribution in [0.15, 0.2) is 6.07 Å². The van der Waals surface area contributed by atoms with Crippen LogP contribution in [0.4, 0.5) is 0 Å². The van der Waals surface area contributed by atoms with E-state index >= 15 is 0 Å². The first-order valence-corrected chi connectivity index (χ1v) is 4.32. The third kappa shape index (κ3) is 1.16. The Morgan fingerprint density at radius 1 is 1.31 bits per heavy atom. The van der Waals surface area contributed by atoms with Crippen molar-refractivity contribution in [3.63, 3.8) is 0 Å². The van der Waals surface area contributed by atoms with Crippen molar-refractivity contribution in [2.45, 2.75) is 20.4 Å². The summed E-state index contributed by atoms with van der Waals surface area (Å²) in [5.41, 5.74) is 9.08. The molecule has 1 aromatic rings. The van der Waals surface area contributed by atoms with Crippen LogP contribution in [0, 0.1) is 13.8 Å². The molecule has 1 aliphatic rings. The van der Waals surface area contributed by atoms with E-state index in [9.17, 15) is 0 Å². The standard InChI is InChI=1S/C10H13NO2/c1-6-7(2)10-9(12-5-13-10)3-8(6)4-11/h3H,4-5,11H2,1-2H3. The maximum atomic E-state index is 5.62. The summed E-state index contributed by atoms with van der Waals surface area (Å²) in [7, 11) is 0. The highest BCUT2D eigenvalue weighted by Crippen LogP contribution is 2.38. The van der Waals surface area contributed by atoms with E-state index in [0.717, 1.165) is 22.6 Å². The van der Waals surface area contributed by atoms with E-state index in [0.29, 0.717) is 13.3 Å². The van der Waals surface area contributed by atoms with Gasteiger partial charge < -0.3 is 15.2 Å². The highest BCUT2D eigenvalue weighted by molar-refractivity contribution is 5.54. The van der Waals surface area contributed by atoms with E-state index in [1.165, 1.54) is 5.56 Å². The first-order valence-electron chi connectivity index (χ1n) is 4.32. The summed E-state index contributed by atoms with van der Waals surface area (Å²) < 4.78 is 10.6. The minimum absolute atomic E-state index is 0.323. The zero-order valence-electron chi connectivity index (χ0n) is 7.89. The number of hydrogen-bond donors (Lipinski definition) is 1. The number of fused-ring (bicyclic) bond motifs is 1. The van der Waals surface area contributed by atoms with Gasteiger partial charge in [0.15, 0.2) is 11.5 Å². The molecular weight excluding hydrogens is 166 g/mol. The molecule has 2 N–H and O–H groups in total. The zero-order chi connectivity index (χ0) is 9.42. The Balaban J connectivity index is 2.61. The number of hydrogen-bond acceptors (Lipinski definition) is 3. The molecular formula is C10H13NO2. The normalized spacial score (nSPS) is 13.5. The monoisotopic (exact) mass is 179 g/mol. The van der Waals surface area contributed by atoms with Crippen molar-refractivity contribution in [2.24, 2.45) is 5.73 Å². The number of rotatable bonds is 1. The first kappa shape index (κ1) is 8.38. The summed E-state index contributed by atoms with van der Waals surface area (Å²) in [6.45, 7) is 4.95. The largest absolute Gasteiger partial charge is 0.454 e. The molecule has 2 rings (SSSR count). The van der Waals surface area contributed by atoms with Gasteiger partial charge in [0.05, 0.1) is 0 Å². The van der Waals surface area contributed by atoms with Gasteiger partial charge in [-0.25, -0.2) is 0 Å². The second-order valence-electron chi connectivity index (χ2n) is 3.22. The van der Waals surface area contributed by atoms with Crippen LogP contribution in [0.1, 0.15) is 16.7 Å². The van der Waals surface area contributed by atoms with Gasteiger partial charge in [0.25, 0.3) is 0 Å². The molecule has 0 bridgehead atoms. The highest BCUT2D eigenvalue weighted by atomic mass is 16.7. The van der Waals surface area contributed by atoms with Crippen molar-refractivity contribution in [2.75, 3.05) is 6.79 Å². The van der Waals surface area contributed by atoms with Crippen molar-refractivity contribution in [3.8, 4) is 11.5 Å². The van der Waals surface area contributed by atoms with Crippen molar-refractivity contribution in [1.29, 1.82) is 0 Å². The molecule has 0 atom stereocenters. The van der Waals surface area contributed by atoms with Gasteiger partial charge in [-0.1, -0.05) is 0 Å². The summed E-state index contributed by atoms with van der Waals surface area (Å²) in [5.74, 6) is 1.69. The topological polar surface area (TPSA) is 44.5 Å². The lowest BCUT2D eigenvalue weighted by atomic mass is 10.0. The molecule has 0 amide bonds. The third-order valence-electron chi connectivity index (χ3n) is 2.55. The molecule has 0 aliphatic carbocycles. The molecule has 3 nitrogen and oxygen atoms in total. The van der Waals surface area contributed by atoms with Crippen LogP contribution in [0.3, 0.4) is 0 Å². The fourth-order valence-electron chi connectivity index (χ4n) is 1.58. The Kier molecular flexibility index (Phi) is 1.88. The number of nitrogens with two attached hydrogens (primary N) is 1. The maximum absolute atomic E-state index is 5.62. The van der Waals surface area contributed by atoms with Crippen LogP contribution in [0.5, 0.6) is 11.5 Å². The Hall–Kier alpha value is -1.22. The third-order valence-corrected chi connectivity index (χ3v) is 2.55. The molecule has 0 unspecified atom stereocenters. The number of benzene rings is 1. The fourth-order valence-corrected chi connectivity index (χ4v) is 1.58. The fraction of sp³-hybridized carbons (Fsp3) is 0.400. The Bertz CT molecular complexity index is 347. The average Bonchev–Trinajstić information content (AvgIpc) is 2.59. The van der Waals surface area contributed by atoms with Gasteiger partial charge in [0.2, 0.25) is 6.79 Å². The molecule has 1 aromatic carbocycles. The van der Waals surface area contributed by atoms with E-state index in [1.807, 2.05) is 13.0 Å². The molecule has 70 valence electrons. The van der Waals surface area contributed by atoms with Crippen LogP contribution >= 0.6 is 0 Å². The van der Waals surface area contributed by atoms with Gasteiger partial charge in [0.1, 0.15) is 0 Å². The molecule has 0 fully saturated rings. The summed E-state index contributed by atoms with van der Waals surface area (Å²) in [5, 5.41) is 0. The predicted molar refractivity (Wildman–Crippen MR) is 49.9 cm³/mol. The zero-order valence-corrected chi connectivity index (χ0v) is 7.89. The summed E-state index contributed by atoms with van der Waals surface area (Å²) in [4.78, 5) is 0. The molecule has 1 heterocycles. The van der Waals surface area contributed by atoms with Gasteiger partial charge in [-0.2, -0.15) is 0 Å². The van der Waals surface area contributed by atoms with Gasteiger partial charge in [-0.3, -0.25) is 0 Å². The van der Waals surface area contributed by atoms with Gasteiger partial charge >= 0.3 is 0 Å². The van der Waals surface area contributed by atoms with Crippen LogP contribution in [0.2, 0.25) is 0 Å². The molecule has 0 saturated heterocycles. The Labute approximate surface area is 77.5 Å². The molecule has 0 radical (unpaired) electrons. The van der Waals surface area contributed by atoms with Crippen LogP contribution in [0.25, 0.3) is 0 Å². The summed E-state index contributed by atoms with van der Waals surface area (Å²) in [6.07, 6.45) is 0. The SMILES string of the molecule is Cc1c(CN)cc2c(c1C)OCO2. The van der Waals surface area contributed by atoms with Gasteiger partial charge in [0, 0.05) is 6.54 Å². The van der Waals surface area contributed by atoms with E-state index in [2.05, 4.69) is 6.92 Å². The quantitative estimate of drug-likeness (QED) is 0.710. The van der Waals surface area contributed by atoms with Crippen LogP contribution in [-0.2, 0) is 6.54 Å². The van der Waals surface area contributed by atoms with Crippen LogP contribution < -0.4 is 15.2 Å². The predicted octanol–water partition coefficient (Wildman–Crippen LogP) is 1.49. The number of ether oxygens (including phenoxy) is 2. The lowest BCUT2D eigenvalue weighted by Crippen LogP contribution is -2.00. The first-order chi connectivity index (χ1) is 6.24.